The van der Waals surface area contributed by atoms with Crippen LogP contribution in [0.1, 0.15) is 12.8 Å². The Morgan fingerprint density at radius 2 is 1.95 bits per heavy atom. The van der Waals surface area contributed by atoms with Crippen LogP contribution >= 0.6 is 31.9 Å². The van der Waals surface area contributed by atoms with Gasteiger partial charge in [-0.2, -0.15) is 0 Å². The lowest BCUT2D eigenvalue weighted by molar-refractivity contribution is 0.220. The lowest BCUT2D eigenvalue weighted by Crippen LogP contribution is -2.37. The summed E-state index contributed by atoms with van der Waals surface area (Å²) >= 11 is 6.56. The summed E-state index contributed by atoms with van der Waals surface area (Å²) in [5.41, 5.74) is 6.08. The summed E-state index contributed by atoms with van der Waals surface area (Å²) in [6.07, 6.45) is 2.02. The summed E-state index contributed by atoms with van der Waals surface area (Å²) in [6, 6.07) is 3.27. The van der Waals surface area contributed by atoms with Crippen LogP contribution in [0, 0.1) is 5.92 Å². The van der Waals surface area contributed by atoms with Crippen molar-refractivity contribution in [2.45, 2.75) is 17.7 Å². The average molecular weight is 441 g/mol. The molecule has 0 aliphatic carbocycles. The molecule has 1 heterocycles. The highest BCUT2D eigenvalue weighted by molar-refractivity contribution is 9.11. The van der Waals surface area contributed by atoms with E-state index in [1.807, 2.05) is 0 Å². The van der Waals surface area contributed by atoms with Crippen LogP contribution in [0.3, 0.4) is 0 Å². The number of piperidine rings is 1. The Hall–Kier alpha value is -0.150. The van der Waals surface area contributed by atoms with Gasteiger partial charge in [0.25, 0.3) is 0 Å². The third-order valence-corrected chi connectivity index (χ3v) is 6.59. The molecule has 0 bridgehead atoms. The molecule has 0 spiro atoms. The second-order valence-electron chi connectivity index (χ2n) is 5.40. The van der Waals surface area contributed by atoms with Crippen LogP contribution in [0.2, 0.25) is 0 Å². The number of nitrogens with one attached hydrogen (secondary N) is 1. The Labute approximate surface area is 142 Å². The molecule has 1 saturated heterocycles. The topological polar surface area (TPSA) is 75.4 Å². The van der Waals surface area contributed by atoms with Crippen molar-refractivity contribution < 1.29 is 8.42 Å². The zero-order chi connectivity index (χ0) is 15.6. The fraction of sp³-hybridized carbons (Fsp3) is 0.538. The van der Waals surface area contributed by atoms with Gasteiger partial charge in [-0.25, -0.2) is 13.1 Å². The molecular formula is C13H19Br2N3O2S. The third kappa shape index (κ3) is 4.41. The Morgan fingerprint density at radius 1 is 1.33 bits per heavy atom. The predicted molar refractivity (Wildman–Crippen MR) is 91.7 cm³/mol. The van der Waals surface area contributed by atoms with E-state index in [0.717, 1.165) is 30.4 Å². The normalized spacial score (nSPS) is 18.0. The Morgan fingerprint density at radius 3 is 2.52 bits per heavy atom. The van der Waals surface area contributed by atoms with Gasteiger partial charge in [0, 0.05) is 15.5 Å². The quantitative estimate of drug-likeness (QED) is 0.705. The van der Waals surface area contributed by atoms with Crippen molar-refractivity contribution in [1.82, 2.24) is 9.62 Å². The fourth-order valence-electron chi connectivity index (χ4n) is 2.43. The second-order valence-corrected chi connectivity index (χ2v) is 8.88. The number of nitrogens with two attached hydrogens (primary N) is 1. The molecule has 0 aromatic heterocycles. The van der Waals surface area contributed by atoms with Gasteiger partial charge in [0.2, 0.25) is 10.0 Å². The minimum absolute atomic E-state index is 0.110. The summed E-state index contributed by atoms with van der Waals surface area (Å²) in [4.78, 5) is 2.37. The van der Waals surface area contributed by atoms with Crippen LogP contribution in [0.25, 0.3) is 0 Å². The highest BCUT2D eigenvalue weighted by Crippen LogP contribution is 2.31. The zero-order valence-electron chi connectivity index (χ0n) is 11.8. The standard InChI is InChI=1S/C13H19Br2N3O2S/c1-18-4-2-9(3-5-18)8-17-21(19,20)13-11(15)6-10(14)7-12(13)16/h6-7,9,17H,2-5,8,16H2,1H3. The Balaban J connectivity index is 2.09. The van der Waals surface area contributed by atoms with Crippen LogP contribution < -0.4 is 10.5 Å². The van der Waals surface area contributed by atoms with E-state index in [0.29, 0.717) is 16.9 Å². The highest BCUT2D eigenvalue weighted by Gasteiger charge is 2.24. The van der Waals surface area contributed by atoms with Crippen LogP contribution in [0.5, 0.6) is 0 Å². The predicted octanol–water partition coefficient (Wildman–Crippen LogP) is 2.41. The van der Waals surface area contributed by atoms with E-state index < -0.39 is 10.0 Å². The number of likely N-dealkylation sites (tertiary alicyclic amines) is 1. The summed E-state index contributed by atoms with van der Waals surface area (Å²) in [6.45, 7) is 2.48. The van der Waals surface area contributed by atoms with Gasteiger partial charge in [-0.3, -0.25) is 0 Å². The first kappa shape index (κ1) is 17.2. The molecule has 1 aliphatic heterocycles. The van der Waals surface area contributed by atoms with Crippen molar-refractivity contribution in [3.8, 4) is 0 Å². The van der Waals surface area contributed by atoms with E-state index in [1.54, 1.807) is 12.1 Å². The molecule has 0 atom stereocenters. The van der Waals surface area contributed by atoms with Crippen molar-refractivity contribution in [3.05, 3.63) is 21.1 Å². The maximum absolute atomic E-state index is 12.4. The van der Waals surface area contributed by atoms with Crippen molar-refractivity contribution in [3.63, 3.8) is 0 Å². The van der Waals surface area contributed by atoms with Gasteiger partial charge in [-0.1, -0.05) is 15.9 Å². The van der Waals surface area contributed by atoms with Crippen molar-refractivity contribution >= 4 is 47.6 Å². The molecular weight excluding hydrogens is 422 g/mol. The van der Waals surface area contributed by atoms with Gasteiger partial charge in [-0.15, -0.1) is 0 Å². The molecule has 3 N–H and O–H groups in total. The number of nitrogens with zero attached hydrogens (tertiary/aromatic N) is 1. The minimum Gasteiger partial charge on any atom is -0.398 e. The average Bonchev–Trinajstić information content (AvgIpc) is 2.36. The maximum atomic E-state index is 12.4. The van der Waals surface area contributed by atoms with Crippen molar-refractivity contribution in [1.29, 1.82) is 0 Å². The van der Waals surface area contributed by atoms with Crippen LogP contribution in [-0.4, -0.2) is 40.0 Å². The van der Waals surface area contributed by atoms with Crippen molar-refractivity contribution in [2.24, 2.45) is 5.92 Å². The first-order valence-corrected chi connectivity index (χ1v) is 9.79. The van der Waals surface area contributed by atoms with Gasteiger partial charge in [0.15, 0.2) is 0 Å². The van der Waals surface area contributed by atoms with Gasteiger partial charge >= 0.3 is 0 Å². The third-order valence-electron chi connectivity index (χ3n) is 3.71. The maximum Gasteiger partial charge on any atom is 0.243 e. The number of hydrogen-bond donors (Lipinski definition) is 2. The first-order chi connectivity index (χ1) is 9.79. The monoisotopic (exact) mass is 439 g/mol. The van der Waals surface area contributed by atoms with Crippen molar-refractivity contribution in [2.75, 3.05) is 32.4 Å². The van der Waals surface area contributed by atoms with Gasteiger partial charge in [0.05, 0.1) is 5.69 Å². The highest BCUT2D eigenvalue weighted by atomic mass is 79.9. The minimum atomic E-state index is -3.61. The largest absolute Gasteiger partial charge is 0.398 e. The molecule has 1 aliphatic rings. The molecule has 1 aromatic rings. The fourth-order valence-corrected chi connectivity index (χ4v) is 5.61. The molecule has 2 rings (SSSR count). The van der Waals surface area contributed by atoms with E-state index >= 15 is 0 Å². The van der Waals surface area contributed by atoms with Crippen LogP contribution in [0.15, 0.2) is 26.0 Å². The lowest BCUT2D eigenvalue weighted by Gasteiger charge is -2.29. The first-order valence-electron chi connectivity index (χ1n) is 6.72. The molecule has 5 nitrogen and oxygen atoms in total. The number of nitrogen functional groups attached to an aromatic ring is 1. The van der Waals surface area contributed by atoms with E-state index in [4.69, 9.17) is 5.73 Å². The molecule has 1 fully saturated rings. The smallest absolute Gasteiger partial charge is 0.243 e. The lowest BCUT2D eigenvalue weighted by atomic mass is 9.98. The van der Waals surface area contributed by atoms with Gasteiger partial charge in [0.1, 0.15) is 4.90 Å². The number of halogens is 2. The summed E-state index contributed by atoms with van der Waals surface area (Å²) < 4.78 is 28.8. The van der Waals surface area contributed by atoms with Crippen LogP contribution in [0.4, 0.5) is 5.69 Å². The summed E-state index contributed by atoms with van der Waals surface area (Å²) in [7, 11) is -1.52. The summed E-state index contributed by atoms with van der Waals surface area (Å²) in [5.74, 6) is 0.381. The number of benzene rings is 1. The second kappa shape index (κ2) is 6.95. The van der Waals surface area contributed by atoms with Gasteiger partial charge in [-0.05, 0) is 67.0 Å². The van der Waals surface area contributed by atoms with E-state index in [9.17, 15) is 8.42 Å². The molecule has 0 unspecified atom stereocenters. The molecule has 118 valence electrons. The van der Waals surface area contributed by atoms with E-state index in [1.165, 1.54) is 0 Å². The number of rotatable bonds is 4. The molecule has 1 aromatic carbocycles. The number of hydrogen-bond acceptors (Lipinski definition) is 4. The number of sulfonamides is 1. The van der Waals surface area contributed by atoms with E-state index in [-0.39, 0.29) is 10.6 Å². The Kier molecular flexibility index (Phi) is 5.70. The molecule has 8 heteroatoms. The molecule has 0 radical (unpaired) electrons. The Bertz CT molecular complexity index is 591. The zero-order valence-corrected chi connectivity index (χ0v) is 15.8. The van der Waals surface area contributed by atoms with E-state index in [2.05, 4.69) is 48.5 Å². The molecule has 0 amide bonds. The number of anilines is 1. The van der Waals surface area contributed by atoms with Gasteiger partial charge < -0.3 is 10.6 Å². The SMILES string of the molecule is CN1CCC(CNS(=O)(=O)c2c(N)cc(Br)cc2Br)CC1. The molecule has 0 saturated carbocycles. The molecule has 21 heavy (non-hydrogen) atoms. The summed E-state index contributed by atoms with van der Waals surface area (Å²) in [5, 5.41) is 0. The van der Waals surface area contributed by atoms with Crippen LogP contribution in [-0.2, 0) is 10.0 Å².